The van der Waals surface area contributed by atoms with Crippen LogP contribution in [-0.4, -0.2) is 0 Å². The highest BCUT2D eigenvalue weighted by Gasteiger charge is 2.23. The lowest BCUT2D eigenvalue weighted by Crippen LogP contribution is -2.14. The lowest BCUT2D eigenvalue weighted by molar-refractivity contribution is 0.506. The molecule has 0 bridgehead atoms. The summed E-state index contributed by atoms with van der Waals surface area (Å²) in [6, 6.07) is 66.5. The number of benzene rings is 8. The monoisotopic (exact) mass is 1270 g/mol. The summed E-state index contributed by atoms with van der Waals surface area (Å²) in [6.45, 7) is 55.8. The average molecular weight is 1270 g/mol. The van der Waals surface area contributed by atoms with Crippen molar-refractivity contribution >= 4 is 12.2 Å². The van der Waals surface area contributed by atoms with Crippen LogP contribution in [0.25, 0.3) is 34.4 Å². The molecule has 512 valence electrons. The number of fused-ring (bicyclic) bond motifs is 8. The molecular weight excluding hydrogens is 1130 g/mol. The predicted molar refractivity (Wildman–Crippen MR) is 430 cm³/mol. The van der Waals surface area contributed by atoms with Crippen LogP contribution < -0.4 is 0 Å². The van der Waals surface area contributed by atoms with Gasteiger partial charge < -0.3 is 0 Å². The van der Waals surface area contributed by atoms with Crippen LogP contribution in [0.2, 0.25) is 0 Å². The highest BCUT2D eigenvalue weighted by molar-refractivity contribution is 5.80. The lowest BCUT2D eigenvalue weighted by atomic mass is 9.82. The Morgan fingerprint density at radius 2 is 0.681 bits per heavy atom. The summed E-state index contributed by atoms with van der Waals surface area (Å²) in [5, 5.41) is 0. The van der Waals surface area contributed by atoms with Gasteiger partial charge in [-0.15, -0.1) is 0 Å². The fourth-order valence-electron chi connectivity index (χ4n) is 11.4. The molecule has 8 aromatic carbocycles. The van der Waals surface area contributed by atoms with Gasteiger partial charge in [0.2, 0.25) is 0 Å². The van der Waals surface area contributed by atoms with Gasteiger partial charge in [0, 0.05) is 0 Å². The van der Waals surface area contributed by atoms with Crippen LogP contribution in [0.4, 0.5) is 0 Å². The molecule has 4 atom stereocenters. The Balaban J connectivity index is 0.000000550. The van der Waals surface area contributed by atoms with E-state index in [2.05, 4.69) is 303 Å². The minimum absolute atomic E-state index is 0.335. The molecule has 0 heteroatoms. The van der Waals surface area contributed by atoms with E-state index in [1.807, 2.05) is 83.1 Å². The van der Waals surface area contributed by atoms with Crippen LogP contribution in [0, 0.1) is 0 Å². The van der Waals surface area contributed by atoms with Crippen LogP contribution in [0.1, 0.15) is 320 Å². The van der Waals surface area contributed by atoms with Crippen molar-refractivity contribution in [3.63, 3.8) is 0 Å². The first kappa shape index (κ1) is 85.3. The number of hydrogen-bond donors (Lipinski definition) is 0. The van der Waals surface area contributed by atoms with Gasteiger partial charge in [0.15, 0.2) is 0 Å². The van der Waals surface area contributed by atoms with E-state index in [1.54, 1.807) is 0 Å². The third-order valence-corrected chi connectivity index (χ3v) is 18.8. The van der Waals surface area contributed by atoms with E-state index in [4.69, 9.17) is 0 Å². The quantitative estimate of drug-likeness (QED) is 0.114. The molecule has 94 heavy (non-hydrogen) atoms. The zero-order valence-electron chi connectivity index (χ0n) is 65.0. The van der Waals surface area contributed by atoms with Crippen molar-refractivity contribution in [1.29, 1.82) is 0 Å². The maximum absolute atomic E-state index is 2.41. The zero-order valence-corrected chi connectivity index (χ0v) is 65.0. The van der Waals surface area contributed by atoms with Gasteiger partial charge in [0.25, 0.3) is 0 Å². The SMILES string of the molecule is CC.CC.CC.CC.CC.CC.CCC(C)(C)c1ccccc1.CCC(C)(C)c1ccccc1.CCC(C)c1ccc2c(c1)C=CC2.CCC(C)c1ccc2c(c1)CC=C2.CCC(C)c1ccc2c(c1)Cc1ccccc1-2.CCC(C)c1cccc2c1-c1ccccc1C2. The first-order chi connectivity index (χ1) is 45.6. The van der Waals surface area contributed by atoms with Crippen molar-refractivity contribution in [2.45, 2.75) is 279 Å². The first-order valence-electron chi connectivity index (χ1n) is 37.7. The number of allylic oxidation sites excluding steroid dienone is 2. The molecule has 8 aromatic rings. The van der Waals surface area contributed by atoms with Gasteiger partial charge in [-0.3, -0.25) is 0 Å². The Morgan fingerprint density at radius 3 is 1.17 bits per heavy atom. The molecule has 0 radical (unpaired) electrons. The van der Waals surface area contributed by atoms with Crippen molar-refractivity contribution in [2.75, 3.05) is 0 Å². The largest absolute Gasteiger partial charge is 0.0795 e. The van der Waals surface area contributed by atoms with E-state index in [-0.39, 0.29) is 0 Å². The molecule has 0 nitrogen and oxygen atoms in total. The van der Waals surface area contributed by atoms with Crippen molar-refractivity contribution in [2.24, 2.45) is 0 Å². The Kier molecular flexibility index (Phi) is 42.8. The maximum Gasteiger partial charge on any atom is -0.00133 e. The van der Waals surface area contributed by atoms with Crippen LogP contribution >= 0.6 is 0 Å². The molecular formula is C94H136. The highest BCUT2D eigenvalue weighted by Crippen LogP contribution is 2.42. The van der Waals surface area contributed by atoms with Crippen molar-refractivity contribution in [3.8, 4) is 22.3 Å². The summed E-state index contributed by atoms with van der Waals surface area (Å²) in [7, 11) is 0. The summed E-state index contributed by atoms with van der Waals surface area (Å²) >= 11 is 0. The van der Waals surface area contributed by atoms with E-state index >= 15 is 0 Å². The molecule has 4 aliphatic rings. The molecule has 0 aromatic heterocycles. The zero-order chi connectivity index (χ0) is 70.8. The molecule has 12 rings (SSSR count). The fourth-order valence-corrected chi connectivity index (χ4v) is 11.4. The summed E-state index contributed by atoms with van der Waals surface area (Å²) in [5.41, 5.74) is 27.1. The van der Waals surface area contributed by atoms with Gasteiger partial charge in [-0.25, -0.2) is 0 Å². The Morgan fingerprint density at radius 1 is 0.309 bits per heavy atom. The molecule has 0 heterocycles. The molecule has 0 aliphatic heterocycles. The third-order valence-electron chi connectivity index (χ3n) is 18.8. The standard InChI is InChI=1S/2C17H18.2C13H16.2C11H16.6C2H6/c1-3-12(2)15-10-6-8-14-11-13-7-4-5-9-16(13)17(14)15;1-3-12(2)13-8-9-17-15(10-13)11-14-6-4-5-7-16(14)17;2*1-3-10(2)12-8-7-11-5-4-6-13(11)9-12;2*1-4-11(2,3)10-8-6-5-7-9-10;6*1-2/h2*4-10,12H,3,11H2,1-2H3;4,6-10H,3,5H2,1-2H3;4-5,7-10H,3,6H2,1-2H3;2*5-9H,4H2,1-3H3;6*1-2H3. The molecule has 0 amide bonds. The second-order valence-electron chi connectivity index (χ2n) is 25.0. The molecule has 4 unspecified atom stereocenters. The van der Waals surface area contributed by atoms with E-state index in [9.17, 15) is 0 Å². The Hall–Kier alpha value is -6.76. The average Bonchev–Trinajstić information content (AvgIpc) is 1.64. The van der Waals surface area contributed by atoms with Crippen molar-refractivity contribution < 1.29 is 0 Å². The first-order valence-corrected chi connectivity index (χ1v) is 37.7. The van der Waals surface area contributed by atoms with Crippen LogP contribution in [0.15, 0.2) is 194 Å². The topological polar surface area (TPSA) is 0 Å². The van der Waals surface area contributed by atoms with Crippen molar-refractivity contribution in [3.05, 3.63) is 272 Å². The van der Waals surface area contributed by atoms with Gasteiger partial charge >= 0.3 is 0 Å². The smallest absolute Gasteiger partial charge is 0.00133 e. The second kappa shape index (κ2) is 47.2. The summed E-state index contributed by atoms with van der Waals surface area (Å²) in [6.07, 6.45) is 20.7. The lowest BCUT2D eigenvalue weighted by Gasteiger charge is -2.22. The summed E-state index contributed by atoms with van der Waals surface area (Å²) in [4.78, 5) is 0. The Bertz CT molecular complexity index is 3270. The molecule has 0 saturated heterocycles. The summed E-state index contributed by atoms with van der Waals surface area (Å²) in [5.74, 6) is 2.71. The normalized spacial score (nSPS) is 12.6. The maximum atomic E-state index is 2.41. The number of hydrogen-bond acceptors (Lipinski definition) is 0. The Labute approximate surface area is 581 Å². The third kappa shape index (κ3) is 25.4. The van der Waals surface area contributed by atoms with Gasteiger partial charge in [-0.05, 0) is 199 Å². The van der Waals surface area contributed by atoms with Crippen molar-refractivity contribution in [1.82, 2.24) is 0 Å². The minimum atomic E-state index is 0.335. The van der Waals surface area contributed by atoms with Gasteiger partial charge in [-0.1, -0.05) is 386 Å². The van der Waals surface area contributed by atoms with Gasteiger partial charge in [-0.2, -0.15) is 0 Å². The van der Waals surface area contributed by atoms with Crippen LogP contribution in [-0.2, 0) is 36.5 Å². The van der Waals surface area contributed by atoms with Crippen LogP contribution in [0.3, 0.4) is 0 Å². The van der Waals surface area contributed by atoms with E-state index in [1.165, 1.54) is 139 Å². The molecule has 4 aliphatic carbocycles. The molecule has 0 saturated carbocycles. The highest BCUT2D eigenvalue weighted by atomic mass is 14.3. The molecule has 0 N–H and O–H groups in total. The molecule has 0 spiro atoms. The van der Waals surface area contributed by atoms with E-state index < -0.39 is 0 Å². The number of rotatable bonds is 12. The van der Waals surface area contributed by atoms with Gasteiger partial charge in [0.05, 0.1) is 0 Å². The predicted octanol–water partition coefficient (Wildman–Crippen LogP) is 30.0. The van der Waals surface area contributed by atoms with E-state index in [0.717, 1.165) is 25.7 Å². The van der Waals surface area contributed by atoms with Gasteiger partial charge in [0.1, 0.15) is 0 Å². The van der Waals surface area contributed by atoms with Crippen LogP contribution in [0.5, 0.6) is 0 Å². The molecule has 0 fully saturated rings. The van der Waals surface area contributed by atoms with E-state index in [0.29, 0.717) is 34.5 Å². The fraction of sp³-hybridized carbons (Fsp3) is 0.447. The second-order valence-corrected chi connectivity index (χ2v) is 25.0. The minimum Gasteiger partial charge on any atom is -0.0795 e. The summed E-state index contributed by atoms with van der Waals surface area (Å²) < 4.78 is 0.